The molecular weight excluding hydrogens is 385 g/mol. The third kappa shape index (κ3) is 3.40. The zero-order valence-corrected chi connectivity index (χ0v) is 16.2. The van der Waals surface area contributed by atoms with E-state index < -0.39 is 0 Å². The number of benzene rings is 1. The highest BCUT2D eigenvalue weighted by atomic mass is 32.1. The minimum absolute atomic E-state index is 0.0204. The molecule has 2 N–H and O–H groups in total. The maximum Gasteiger partial charge on any atom is 0.410 e. The number of nitrogens with zero attached hydrogens (tertiary/aromatic N) is 4. The van der Waals surface area contributed by atoms with E-state index in [9.17, 15) is 14.3 Å². The molecule has 0 bridgehead atoms. The molecule has 148 valence electrons. The van der Waals surface area contributed by atoms with E-state index >= 15 is 0 Å². The van der Waals surface area contributed by atoms with Crippen LogP contribution in [-0.4, -0.2) is 63.5 Å². The number of aromatic hydroxyl groups is 1. The maximum absolute atomic E-state index is 13.9. The number of hydrogen-bond acceptors (Lipinski definition) is 6. The number of nitrogens with one attached hydrogen (secondary N) is 1. The number of piperazine rings is 1. The van der Waals surface area contributed by atoms with Gasteiger partial charge in [-0.15, -0.1) is 0 Å². The van der Waals surface area contributed by atoms with Crippen molar-refractivity contribution in [3.63, 3.8) is 0 Å². The van der Waals surface area contributed by atoms with Crippen LogP contribution in [-0.2, 0) is 4.74 Å². The van der Waals surface area contributed by atoms with Crippen LogP contribution in [0.5, 0.6) is 5.88 Å². The highest BCUT2D eigenvalue weighted by Crippen LogP contribution is 2.34. The lowest BCUT2D eigenvalue weighted by atomic mass is 10.0. The third-order valence-electron chi connectivity index (χ3n) is 4.92. The van der Waals surface area contributed by atoms with Crippen LogP contribution in [0, 0.1) is 5.82 Å². The number of quaternary nitrogens is 1. The summed E-state index contributed by atoms with van der Waals surface area (Å²) in [6, 6.07) is 6.13. The molecule has 3 aromatic rings. The summed E-state index contributed by atoms with van der Waals surface area (Å²) in [4.78, 5) is 20.2. The highest BCUT2D eigenvalue weighted by Gasteiger charge is 2.36. The van der Waals surface area contributed by atoms with Gasteiger partial charge in [-0.2, -0.15) is 9.61 Å². The van der Waals surface area contributed by atoms with Crippen molar-refractivity contribution in [3.05, 3.63) is 46.9 Å². The lowest BCUT2D eigenvalue weighted by molar-refractivity contribution is -0.929. The molecule has 0 unspecified atom stereocenters. The normalized spacial score (nSPS) is 16.4. The van der Waals surface area contributed by atoms with Crippen molar-refractivity contribution in [1.29, 1.82) is 0 Å². The Morgan fingerprint density at radius 1 is 1.43 bits per heavy atom. The predicted octanol–water partition coefficient (Wildman–Crippen LogP) is 1.08. The summed E-state index contributed by atoms with van der Waals surface area (Å²) < 4.78 is 20.4. The molecule has 10 heteroatoms. The Bertz CT molecular complexity index is 983. The minimum atomic E-state index is -0.328. The van der Waals surface area contributed by atoms with Gasteiger partial charge in [-0.1, -0.05) is 23.5 Å². The summed E-state index contributed by atoms with van der Waals surface area (Å²) in [5.74, 6) is -0.307. The van der Waals surface area contributed by atoms with Crippen LogP contribution in [0.15, 0.2) is 30.6 Å². The molecule has 1 saturated heterocycles. The number of carbonyl (C=O) groups is 1. The predicted molar refractivity (Wildman–Crippen MR) is 100 cm³/mol. The first-order chi connectivity index (χ1) is 13.6. The minimum Gasteiger partial charge on any atom is -0.492 e. The van der Waals surface area contributed by atoms with Crippen LogP contribution >= 0.6 is 11.3 Å². The fraction of sp³-hybridized carbons (Fsp3) is 0.389. The third-order valence-corrected chi connectivity index (χ3v) is 6.02. The summed E-state index contributed by atoms with van der Waals surface area (Å²) in [7, 11) is 0. The van der Waals surface area contributed by atoms with E-state index in [0.717, 1.165) is 10.5 Å². The Hall–Kier alpha value is -2.72. The molecule has 0 aliphatic carbocycles. The molecule has 3 heterocycles. The number of carbonyl (C=O) groups excluding carboxylic acids is 1. The Balaban J connectivity index is 1.66. The smallest absolute Gasteiger partial charge is 0.410 e. The fourth-order valence-corrected chi connectivity index (χ4v) is 4.74. The first-order valence-electron chi connectivity index (χ1n) is 9.11. The number of thiazole rings is 1. The molecule has 4 rings (SSSR count). The van der Waals surface area contributed by atoms with Gasteiger partial charge in [0.15, 0.2) is 6.04 Å². The molecule has 0 saturated carbocycles. The van der Waals surface area contributed by atoms with Gasteiger partial charge in [-0.25, -0.2) is 14.2 Å². The van der Waals surface area contributed by atoms with Crippen LogP contribution in [0.3, 0.4) is 0 Å². The molecule has 0 spiro atoms. The number of aromatic nitrogens is 3. The van der Waals surface area contributed by atoms with Crippen LogP contribution in [0.25, 0.3) is 4.96 Å². The van der Waals surface area contributed by atoms with E-state index in [-0.39, 0.29) is 23.8 Å². The van der Waals surface area contributed by atoms with Gasteiger partial charge in [0, 0.05) is 5.56 Å². The summed E-state index contributed by atoms with van der Waals surface area (Å²) in [5.41, 5.74) is 0.763. The lowest BCUT2D eigenvalue weighted by Crippen LogP contribution is -3.15. The average Bonchev–Trinajstić information content (AvgIpc) is 3.27. The quantitative estimate of drug-likeness (QED) is 0.678. The number of hydrogen-bond donors (Lipinski definition) is 2. The van der Waals surface area contributed by atoms with Gasteiger partial charge in [0.2, 0.25) is 10.8 Å². The Morgan fingerprint density at radius 2 is 2.21 bits per heavy atom. The Morgan fingerprint density at radius 3 is 2.89 bits per heavy atom. The van der Waals surface area contributed by atoms with Crippen molar-refractivity contribution in [3.8, 4) is 5.88 Å². The number of ether oxygens (including phenoxy) is 1. The van der Waals surface area contributed by atoms with Crippen molar-refractivity contribution in [1.82, 2.24) is 19.5 Å². The van der Waals surface area contributed by atoms with Crippen molar-refractivity contribution in [2.75, 3.05) is 32.8 Å². The van der Waals surface area contributed by atoms with Gasteiger partial charge in [0.05, 0.1) is 32.8 Å². The monoisotopic (exact) mass is 406 g/mol. The molecule has 2 aromatic heterocycles. The number of halogens is 1. The summed E-state index contributed by atoms with van der Waals surface area (Å²) in [5, 5.41) is 14.7. The van der Waals surface area contributed by atoms with E-state index in [0.29, 0.717) is 42.6 Å². The van der Waals surface area contributed by atoms with Crippen molar-refractivity contribution in [2.45, 2.75) is 13.0 Å². The second-order valence-electron chi connectivity index (χ2n) is 6.58. The van der Waals surface area contributed by atoms with Crippen molar-refractivity contribution < 1.29 is 23.9 Å². The molecule has 1 fully saturated rings. The SMILES string of the molecule is CCOC(=O)N1CC[NH+]([C@@H](c2cccc(F)c2)c2sc3ncnn3c2O)CC1. The molecule has 1 aromatic carbocycles. The van der Waals surface area contributed by atoms with Gasteiger partial charge in [-0.3, -0.25) is 4.90 Å². The standard InChI is InChI=1S/C18H20FN5O3S/c1-2-27-18(26)23-8-6-22(7-9-23)14(12-4-3-5-13(19)10-12)15-16(25)24-17(28-15)20-11-21-24/h3-5,10-11,14,25H,2,6-9H2,1H3/p+1/t14-/m0/s1. The molecule has 8 nitrogen and oxygen atoms in total. The average molecular weight is 406 g/mol. The van der Waals surface area contributed by atoms with Gasteiger partial charge >= 0.3 is 6.09 Å². The van der Waals surface area contributed by atoms with Crippen LogP contribution in [0.1, 0.15) is 23.4 Å². The summed E-state index contributed by atoms with van der Waals surface area (Å²) in [6.45, 7) is 4.47. The molecule has 1 aliphatic heterocycles. The first-order valence-corrected chi connectivity index (χ1v) is 9.93. The second kappa shape index (κ2) is 7.72. The van der Waals surface area contributed by atoms with Crippen LogP contribution < -0.4 is 4.90 Å². The van der Waals surface area contributed by atoms with Gasteiger partial charge in [-0.05, 0) is 19.1 Å². The zero-order valence-electron chi connectivity index (χ0n) is 15.3. The summed E-state index contributed by atoms with van der Waals surface area (Å²) in [6.07, 6.45) is 1.07. The summed E-state index contributed by atoms with van der Waals surface area (Å²) >= 11 is 1.34. The largest absolute Gasteiger partial charge is 0.492 e. The number of amides is 1. The molecule has 1 amide bonds. The van der Waals surface area contributed by atoms with Crippen molar-refractivity contribution >= 4 is 22.4 Å². The van der Waals surface area contributed by atoms with E-state index in [1.165, 1.54) is 34.3 Å². The number of fused-ring (bicyclic) bond motifs is 1. The van der Waals surface area contributed by atoms with Crippen LogP contribution in [0.2, 0.25) is 0 Å². The molecule has 1 atom stereocenters. The lowest BCUT2D eigenvalue weighted by Gasteiger charge is -2.35. The topological polar surface area (TPSA) is 84.4 Å². The first kappa shape index (κ1) is 18.6. The fourth-order valence-electron chi connectivity index (χ4n) is 3.62. The number of rotatable bonds is 4. The Labute approximate surface area is 164 Å². The Kier molecular flexibility index (Phi) is 5.14. The molecular formula is C18H21FN5O3S+. The molecule has 0 radical (unpaired) electrons. The highest BCUT2D eigenvalue weighted by molar-refractivity contribution is 7.17. The molecule has 1 aliphatic rings. The maximum atomic E-state index is 13.9. The van der Waals surface area contributed by atoms with Gasteiger partial charge < -0.3 is 14.7 Å². The second-order valence-corrected chi connectivity index (χ2v) is 7.59. The van der Waals surface area contributed by atoms with Crippen molar-refractivity contribution in [2.24, 2.45) is 0 Å². The zero-order chi connectivity index (χ0) is 19.7. The van der Waals surface area contributed by atoms with E-state index in [2.05, 4.69) is 10.1 Å². The van der Waals surface area contributed by atoms with E-state index in [4.69, 9.17) is 4.74 Å². The van der Waals surface area contributed by atoms with Gasteiger partial charge in [0.1, 0.15) is 17.0 Å². The van der Waals surface area contributed by atoms with Crippen LogP contribution in [0.4, 0.5) is 9.18 Å². The van der Waals surface area contributed by atoms with Gasteiger partial charge in [0.25, 0.3) is 0 Å². The van der Waals surface area contributed by atoms with E-state index in [1.54, 1.807) is 17.9 Å². The van der Waals surface area contributed by atoms with E-state index in [1.807, 2.05) is 6.07 Å². The molecule has 28 heavy (non-hydrogen) atoms.